The molecule has 1 aliphatic heterocycles. The molecule has 1 saturated heterocycles. The van der Waals surface area contributed by atoms with Crippen LogP contribution in [0.5, 0.6) is 0 Å². The Morgan fingerprint density at radius 1 is 0.844 bits per heavy atom. The summed E-state index contributed by atoms with van der Waals surface area (Å²) in [4.78, 5) is 42.5. The normalized spacial score (nSPS) is 14.6. The average Bonchev–Trinajstić information content (AvgIpc) is 3.06. The number of aryl methyl sites for hydroxylation is 1. The molecule has 1 aliphatic rings. The second kappa shape index (κ2) is 16.1. The number of carbonyl (C=O) groups is 3. The second-order valence-corrected chi connectivity index (χ2v) is 11.4. The number of halogens is 3. The van der Waals surface area contributed by atoms with Crippen LogP contribution in [0, 0.1) is 5.92 Å². The Balaban J connectivity index is 1.64. The number of piperazine rings is 1. The van der Waals surface area contributed by atoms with Crippen LogP contribution in [0.3, 0.4) is 0 Å². The van der Waals surface area contributed by atoms with Crippen molar-refractivity contribution in [2.75, 3.05) is 26.2 Å². The van der Waals surface area contributed by atoms with Crippen LogP contribution in [0.25, 0.3) is 6.08 Å². The van der Waals surface area contributed by atoms with Crippen LogP contribution in [-0.4, -0.2) is 54.2 Å². The lowest BCUT2D eigenvalue weighted by atomic mass is 9.88. The first-order valence-electron chi connectivity index (χ1n) is 15.4. The lowest BCUT2D eigenvalue weighted by Crippen LogP contribution is -2.51. The molecule has 0 aromatic heterocycles. The summed E-state index contributed by atoms with van der Waals surface area (Å²) in [6, 6.07) is 21.9. The van der Waals surface area contributed by atoms with E-state index in [-0.39, 0.29) is 24.4 Å². The first-order valence-corrected chi connectivity index (χ1v) is 15.4. The Morgan fingerprint density at radius 2 is 1.49 bits per heavy atom. The minimum Gasteiger partial charge on any atom is -0.348 e. The minimum atomic E-state index is -4.50. The Kier molecular flexibility index (Phi) is 12.0. The van der Waals surface area contributed by atoms with Crippen LogP contribution >= 0.6 is 0 Å². The fourth-order valence-electron chi connectivity index (χ4n) is 5.41. The predicted molar refractivity (Wildman–Crippen MR) is 169 cm³/mol. The number of hydrogen-bond acceptors (Lipinski definition) is 3. The molecule has 0 bridgehead atoms. The van der Waals surface area contributed by atoms with E-state index in [0.717, 1.165) is 48.9 Å². The molecular formula is C36H40F3N3O3. The van der Waals surface area contributed by atoms with Crippen molar-refractivity contribution in [3.63, 3.8) is 0 Å². The molecule has 0 saturated carbocycles. The molecular weight excluding hydrogens is 579 g/mol. The molecule has 1 heterocycles. The summed E-state index contributed by atoms with van der Waals surface area (Å²) >= 11 is 0. The molecule has 0 unspecified atom stereocenters. The van der Waals surface area contributed by atoms with Gasteiger partial charge in [0.25, 0.3) is 0 Å². The van der Waals surface area contributed by atoms with Crippen LogP contribution in [0.4, 0.5) is 13.2 Å². The summed E-state index contributed by atoms with van der Waals surface area (Å²) in [6.07, 6.45) is 2.42. The summed E-state index contributed by atoms with van der Waals surface area (Å²) in [5.41, 5.74) is 2.71. The zero-order chi connectivity index (χ0) is 32.2. The molecule has 45 heavy (non-hydrogen) atoms. The van der Waals surface area contributed by atoms with E-state index in [0.29, 0.717) is 31.7 Å². The highest BCUT2D eigenvalue weighted by atomic mass is 19.4. The molecule has 1 fully saturated rings. The van der Waals surface area contributed by atoms with Crippen molar-refractivity contribution in [3.05, 3.63) is 112 Å². The third-order valence-corrected chi connectivity index (χ3v) is 8.10. The van der Waals surface area contributed by atoms with Crippen molar-refractivity contribution in [3.8, 4) is 0 Å². The van der Waals surface area contributed by atoms with Gasteiger partial charge in [0.05, 0.1) is 11.5 Å². The van der Waals surface area contributed by atoms with Gasteiger partial charge in [-0.3, -0.25) is 14.4 Å². The molecule has 238 valence electrons. The lowest BCUT2D eigenvalue weighted by Gasteiger charge is -2.35. The van der Waals surface area contributed by atoms with E-state index in [1.165, 1.54) is 30.2 Å². The topological polar surface area (TPSA) is 69.7 Å². The van der Waals surface area contributed by atoms with E-state index in [9.17, 15) is 27.6 Å². The Bertz CT molecular complexity index is 1430. The van der Waals surface area contributed by atoms with E-state index < -0.39 is 23.6 Å². The van der Waals surface area contributed by atoms with Gasteiger partial charge in [-0.2, -0.15) is 13.2 Å². The Labute approximate surface area is 262 Å². The summed E-state index contributed by atoms with van der Waals surface area (Å²) in [7, 11) is 0. The SMILES string of the molecule is CCCCCc1ccc(CNC(=O)C(=Cc2ccc(C(F)(F)F)cc2)[C@H](Cc2ccccc2)C(=O)N2CCN(C=O)CC2)cc1. The van der Waals surface area contributed by atoms with Crippen molar-refractivity contribution in [1.82, 2.24) is 15.1 Å². The standard InChI is InChI=1S/C36H40F3N3O3/c1-2-3-5-8-27-11-13-30(14-12-27)25-40-34(44)32(23-29-15-17-31(18-16-29)36(37,38)39)33(24-28-9-6-4-7-10-28)35(45)42-21-19-41(26-43)20-22-42/h4,6-7,9-18,23,26,33H,2-3,5,8,19-22,24-25H2,1H3,(H,40,44)/t33-/m0/s1. The number of amides is 3. The van der Waals surface area contributed by atoms with Gasteiger partial charge in [0.15, 0.2) is 0 Å². The van der Waals surface area contributed by atoms with Gasteiger partial charge < -0.3 is 15.1 Å². The fraction of sp³-hybridized carbons (Fsp3) is 0.361. The van der Waals surface area contributed by atoms with E-state index in [1.54, 1.807) is 9.80 Å². The van der Waals surface area contributed by atoms with E-state index >= 15 is 0 Å². The molecule has 6 nitrogen and oxygen atoms in total. The van der Waals surface area contributed by atoms with Crippen molar-refractivity contribution in [1.29, 1.82) is 0 Å². The maximum absolute atomic E-state index is 14.1. The van der Waals surface area contributed by atoms with Gasteiger partial charge in [0.1, 0.15) is 0 Å². The lowest BCUT2D eigenvalue weighted by molar-refractivity contribution is -0.138. The van der Waals surface area contributed by atoms with E-state index in [1.807, 2.05) is 42.5 Å². The highest BCUT2D eigenvalue weighted by Gasteiger charge is 2.33. The second-order valence-electron chi connectivity index (χ2n) is 11.4. The summed E-state index contributed by atoms with van der Waals surface area (Å²) in [5.74, 6) is -1.64. The largest absolute Gasteiger partial charge is 0.416 e. The van der Waals surface area contributed by atoms with Crippen LogP contribution in [-0.2, 0) is 39.9 Å². The molecule has 9 heteroatoms. The monoisotopic (exact) mass is 619 g/mol. The summed E-state index contributed by atoms with van der Waals surface area (Å²) < 4.78 is 39.8. The number of nitrogens with zero attached hydrogens (tertiary/aromatic N) is 2. The predicted octanol–water partition coefficient (Wildman–Crippen LogP) is 6.30. The zero-order valence-electron chi connectivity index (χ0n) is 25.6. The van der Waals surface area contributed by atoms with Crippen LogP contribution in [0.15, 0.2) is 84.4 Å². The van der Waals surface area contributed by atoms with Crippen molar-refractivity contribution >= 4 is 24.3 Å². The number of rotatable bonds is 13. The Hall–Kier alpha value is -4.40. The van der Waals surface area contributed by atoms with Gasteiger partial charge in [-0.05, 0) is 59.7 Å². The van der Waals surface area contributed by atoms with Gasteiger partial charge in [-0.25, -0.2) is 0 Å². The number of hydrogen-bond donors (Lipinski definition) is 1. The number of benzene rings is 3. The van der Waals surface area contributed by atoms with Gasteiger partial charge >= 0.3 is 6.18 Å². The van der Waals surface area contributed by atoms with Crippen LogP contribution in [0.2, 0.25) is 0 Å². The highest BCUT2D eigenvalue weighted by Crippen LogP contribution is 2.30. The van der Waals surface area contributed by atoms with Crippen molar-refractivity contribution in [2.45, 2.75) is 51.7 Å². The van der Waals surface area contributed by atoms with Gasteiger partial charge in [0, 0.05) is 38.3 Å². The number of nitrogens with one attached hydrogen (secondary N) is 1. The minimum absolute atomic E-state index is 0.164. The molecule has 1 N–H and O–H groups in total. The molecule has 0 aliphatic carbocycles. The first kappa shape index (κ1) is 33.5. The van der Waals surface area contributed by atoms with E-state index in [4.69, 9.17) is 0 Å². The third-order valence-electron chi connectivity index (χ3n) is 8.10. The fourth-order valence-corrected chi connectivity index (χ4v) is 5.41. The van der Waals surface area contributed by atoms with Gasteiger partial charge in [-0.1, -0.05) is 86.5 Å². The summed E-state index contributed by atoms with van der Waals surface area (Å²) in [6.45, 7) is 3.80. The molecule has 0 radical (unpaired) electrons. The molecule has 0 spiro atoms. The molecule has 3 aromatic rings. The van der Waals surface area contributed by atoms with Crippen LogP contribution in [0.1, 0.15) is 54.0 Å². The zero-order valence-corrected chi connectivity index (χ0v) is 25.6. The number of carbonyl (C=O) groups excluding carboxylic acids is 3. The smallest absolute Gasteiger partial charge is 0.348 e. The highest BCUT2D eigenvalue weighted by molar-refractivity contribution is 6.04. The maximum atomic E-state index is 14.1. The van der Waals surface area contributed by atoms with Crippen molar-refractivity contribution < 1.29 is 27.6 Å². The maximum Gasteiger partial charge on any atom is 0.416 e. The molecule has 3 amide bonds. The summed E-state index contributed by atoms with van der Waals surface area (Å²) in [5, 5.41) is 2.95. The quantitative estimate of drug-likeness (QED) is 0.139. The van der Waals surface area contributed by atoms with Gasteiger partial charge in [-0.15, -0.1) is 0 Å². The number of alkyl halides is 3. The molecule has 1 atom stereocenters. The Morgan fingerprint density at radius 3 is 2.09 bits per heavy atom. The third kappa shape index (κ3) is 9.80. The number of unbranched alkanes of at least 4 members (excludes halogenated alkanes) is 2. The average molecular weight is 620 g/mol. The van der Waals surface area contributed by atoms with E-state index in [2.05, 4.69) is 24.4 Å². The molecule has 3 aromatic carbocycles. The van der Waals surface area contributed by atoms with Gasteiger partial charge in [0.2, 0.25) is 18.2 Å². The molecule has 4 rings (SSSR count). The first-order chi connectivity index (χ1) is 21.7. The van der Waals surface area contributed by atoms with Crippen molar-refractivity contribution in [2.24, 2.45) is 5.92 Å². The van der Waals surface area contributed by atoms with Crippen LogP contribution < -0.4 is 5.32 Å².